The molecule has 37 heavy (non-hydrogen) atoms. The van der Waals surface area contributed by atoms with Crippen LogP contribution in [0.3, 0.4) is 0 Å². The van der Waals surface area contributed by atoms with Gasteiger partial charge in [-0.05, 0) is 53.4 Å². The molecule has 0 spiro atoms. The number of ether oxygens (including phenoxy) is 1. The number of benzene rings is 4. The minimum absolute atomic E-state index is 0.0596. The Kier molecular flexibility index (Phi) is 4.71. The highest BCUT2D eigenvalue weighted by atomic mass is 35.5. The summed E-state index contributed by atoms with van der Waals surface area (Å²) in [5, 5.41) is 0.563. The van der Waals surface area contributed by atoms with E-state index >= 15 is 0 Å². The summed E-state index contributed by atoms with van der Waals surface area (Å²) in [6.45, 7) is 2.11. The number of carbonyl (C=O) groups excluding carboxylic acids is 2. The Morgan fingerprint density at radius 1 is 0.892 bits per heavy atom. The van der Waals surface area contributed by atoms with E-state index in [-0.39, 0.29) is 24.5 Å². The Morgan fingerprint density at radius 3 is 2.24 bits per heavy atom. The molecule has 4 atom stereocenters. The number of esters is 1. The molecule has 0 aromatic heterocycles. The molecular weight excluding hydrogens is 482 g/mol. The number of rotatable bonds is 4. The fourth-order valence-corrected chi connectivity index (χ4v) is 7.59. The van der Waals surface area contributed by atoms with Gasteiger partial charge in [0.1, 0.15) is 0 Å². The summed E-state index contributed by atoms with van der Waals surface area (Å²) < 4.78 is 5.78. The largest absolute Gasteiger partial charge is 0.466 e. The first-order chi connectivity index (χ1) is 18.1. The minimum atomic E-state index is -0.790. The topological polar surface area (TPSA) is 46.6 Å². The van der Waals surface area contributed by atoms with E-state index in [1.807, 2.05) is 90.7 Å². The Hall–Kier alpha value is -3.89. The van der Waals surface area contributed by atoms with Crippen molar-refractivity contribution in [1.82, 2.24) is 0 Å². The van der Waals surface area contributed by atoms with Gasteiger partial charge in [-0.25, -0.2) is 0 Å². The number of carbonyl (C=O) groups is 2. The van der Waals surface area contributed by atoms with Crippen LogP contribution < -0.4 is 4.90 Å². The van der Waals surface area contributed by atoms with Gasteiger partial charge in [-0.2, -0.15) is 0 Å². The molecule has 5 heteroatoms. The van der Waals surface area contributed by atoms with Crippen LogP contribution in [0.5, 0.6) is 0 Å². The van der Waals surface area contributed by atoms with Crippen LogP contribution in [-0.4, -0.2) is 18.5 Å². The van der Waals surface area contributed by atoms with Gasteiger partial charge in [0.15, 0.2) is 0 Å². The molecule has 182 valence electrons. The zero-order chi connectivity index (χ0) is 25.4. The predicted molar refractivity (Wildman–Crippen MR) is 143 cm³/mol. The lowest BCUT2D eigenvalue weighted by Crippen LogP contribution is -2.44. The molecule has 2 aliphatic heterocycles. The Bertz CT molecular complexity index is 1570. The highest BCUT2D eigenvalue weighted by Crippen LogP contribution is 2.82. The number of halogens is 1. The monoisotopic (exact) mass is 505 g/mol. The summed E-state index contributed by atoms with van der Waals surface area (Å²) in [6.07, 6.45) is 0. The molecule has 1 saturated carbocycles. The summed E-state index contributed by atoms with van der Waals surface area (Å²) in [6, 6.07) is 33.4. The lowest BCUT2D eigenvalue weighted by Gasteiger charge is -2.43. The van der Waals surface area contributed by atoms with E-state index in [0.717, 1.165) is 27.9 Å². The molecule has 0 saturated heterocycles. The maximum Gasteiger partial charge on any atom is 0.311 e. The third-order valence-corrected chi connectivity index (χ3v) is 8.73. The van der Waals surface area contributed by atoms with Gasteiger partial charge in [0, 0.05) is 27.1 Å². The van der Waals surface area contributed by atoms with Crippen molar-refractivity contribution in [1.29, 1.82) is 0 Å². The van der Waals surface area contributed by atoms with Crippen LogP contribution in [0.1, 0.15) is 45.6 Å². The van der Waals surface area contributed by atoms with Crippen LogP contribution in [-0.2, 0) is 20.4 Å². The van der Waals surface area contributed by atoms with Gasteiger partial charge in [-0.15, -0.1) is 0 Å². The molecule has 0 N–H and O–H groups in total. The van der Waals surface area contributed by atoms with E-state index in [9.17, 15) is 9.59 Å². The maximum atomic E-state index is 14.0. The van der Waals surface area contributed by atoms with Crippen molar-refractivity contribution in [3.63, 3.8) is 0 Å². The van der Waals surface area contributed by atoms with Crippen molar-refractivity contribution < 1.29 is 14.3 Å². The minimum Gasteiger partial charge on any atom is -0.466 e. The summed E-state index contributed by atoms with van der Waals surface area (Å²) >= 11 is 6.64. The molecule has 3 aliphatic rings. The normalized spacial score (nSPS) is 26.5. The average molecular weight is 506 g/mol. The molecule has 4 aromatic rings. The molecule has 7 rings (SSSR count). The van der Waals surface area contributed by atoms with Crippen LogP contribution >= 0.6 is 11.6 Å². The van der Waals surface area contributed by atoms with Crippen LogP contribution in [0.4, 0.5) is 5.69 Å². The molecule has 0 radical (unpaired) electrons. The molecule has 1 unspecified atom stereocenters. The van der Waals surface area contributed by atoms with Gasteiger partial charge in [0.05, 0.1) is 18.6 Å². The smallest absolute Gasteiger partial charge is 0.311 e. The first kappa shape index (κ1) is 22.3. The second-order valence-electron chi connectivity index (χ2n) is 9.92. The molecule has 1 fully saturated rings. The average Bonchev–Trinajstić information content (AvgIpc) is 3.50. The molecule has 2 heterocycles. The fraction of sp³-hybridized carbons (Fsp3) is 0.188. The van der Waals surface area contributed by atoms with Gasteiger partial charge in [-0.1, -0.05) is 90.5 Å². The summed E-state index contributed by atoms with van der Waals surface area (Å²) in [5.74, 6) is -0.883. The number of amides is 1. The lowest BCUT2D eigenvalue weighted by molar-refractivity contribution is -0.145. The number of hydrogen-bond donors (Lipinski definition) is 0. The number of nitrogens with zero attached hydrogens (tertiary/aromatic N) is 1. The zero-order valence-corrected chi connectivity index (χ0v) is 21.0. The van der Waals surface area contributed by atoms with E-state index in [4.69, 9.17) is 16.3 Å². The van der Waals surface area contributed by atoms with E-state index < -0.39 is 16.7 Å². The SMILES string of the molecule is CCOC(=O)[C@H]1[C@]2(c3ccccc3)c3cc(Cl)ccc3N3C(=O)c4ccccc4C3[C@]12c1ccccc1. The van der Waals surface area contributed by atoms with Crippen LogP contribution in [0, 0.1) is 5.92 Å². The van der Waals surface area contributed by atoms with Crippen molar-refractivity contribution in [3.8, 4) is 0 Å². The van der Waals surface area contributed by atoms with Crippen molar-refractivity contribution in [2.45, 2.75) is 23.8 Å². The van der Waals surface area contributed by atoms with Crippen LogP contribution in [0.15, 0.2) is 103 Å². The van der Waals surface area contributed by atoms with Gasteiger partial charge >= 0.3 is 5.97 Å². The van der Waals surface area contributed by atoms with Crippen molar-refractivity contribution in [3.05, 3.63) is 136 Å². The highest BCUT2D eigenvalue weighted by molar-refractivity contribution is 6.31. The van der Waals surface area contributed by atoms with Crippen molar-refractivity contribution >= 4 is 29.2 Å². The Labute approximate surface area is 220 Å². The quantitative estimate of drug-likeness (QED) is 0.298. The highest BCUT2D eigenvalue weighted by Gasteiger charge is 2.88. The molecule has 1 aliphatic carbocycles. The van der Waals surface area contributed by atoms with E-state index in [1.165, 1.54) is 0 Å². The summed E-state index contributed by atoms with van der Waals surface area (Å²) in [5.41, 5.74) is 3.72. The van der Waals surface area contributed by atoms with E-state index in [2.05, 4.69) is 24.3 Å². The fourth-order valence-electron chi connectivity index (χ4n) is 7.41. The second-order valence-corrected chi connectivity index (χ2v) is 10.4. The molecule has 1 amide bonds. The molecule has 4 nitrogen and oxygen atoms in total. The first-order valence-corrected chi connectivity index (χ1v) is 13.0. The van der Waals surface area contributed by atoms with Crippen LogP contribution in [0.2, 0.25) is 5.02 Å². The van der Waals surface area contributed by atoms with Crippen LogP contribution in [0.25, 0.3) is 0 Å². The zero-order valence-electron chi connectivity index (χ0n) is 20.2. The third kappa shape index (κ3) is 2.59. The number of fused-ring (bicyclic) bond motifs is 8. The maximum absolute atomic E-state index is 14.0. The van der Waals surface area contributed by atoms with Gasteiger partial charge < -0.3 is 4.74 Å². The lowest BCUT2D eigenvalue weighted by atomic mass is 9.69. The van der Waals surface area contributed by atoms with E-state index in [1.54, 1.807) is 0 Å². The summed E-state index contributed by atoms with van der Waals surface area (Å²) in [7, 11) is 0. The van der Waals surface area contributed by atoms with Crippen molar-refractivity contribution in [2.75, 3.05) is 11.5 Å². The first-order valence-electron chi connectivity index (χ1n) is 12.6. The van der Waals surface area contributed by atoms with Gasteiger partial charge in [0.25, 0.3) is 5.91 Å². The second kappa shape index (κ2) is 7.80. The van der Waals surface area contributed by atoms with Gasteiger partial charge in [-0.3, -0.25) is 14.5 Å². The standard InChI is InChI=1S/C32H24ClNO3/c1-2-37-30(36)27-31(20-11-5-3-6-12-20)25-19-22(33)17-18-26(25)34-28(23-15-9-10-16-24(23)29(34)35)32(27,31)21-13-7-4-8-14-21/h3-19,27-28H,2H2,1H3/t27-,28?,31-,32-/m0/s1. The Balaban J connectivity index is 1.68. The molecular formula is C32H24ClNO3. The molecule has 0 bridgehead atoms. The molecule has 4 aromatic carbocycles. The number of anilines is 1. The van der Waals surface area contributed by atoms with E-state index in [0.29, 0.717) is 10.6 Å². The Morgan fingerprint density at radius 2 is 1.54 bits per heavy atom. The van der Waals surface area contributed by atoms with Crippen molar-refractivity contribution in [2.24, 2.45) is 5.92 Å². The number of hydrogen-bond acceptors (Lipinski definition) is 3. The third-order valence-electron chi connectivity index (χ3n) is 8.50. The summed E-state index contributed by atoms with van der Waals surface area (Å²) in [4.78, 5) is 30.0. The predicted octanol–water partition coefficient (Wildman–Crippen LogP) is 6.47. The van der Waals surface area contributed by atoms with Gasteiger partial charge in [0.2, 0.25) is 0 Å².